The molecule has 16 heteroatoms. The van der Waals surface area contributed by atoms with E-state index in [-0.39, 0.29) is 36.9 Å². The van der Waals surface area contributed by atoms with E-state index in [2.05, 4.69) is 16.0 Å². The molecule has 3 amide bonds. The highest BCUT2D eigenvalue weighted by molar-refractivity contribution is 6.31. The molecule has 48 heavy (non-hydrogen) atoms. The lowest BCUT2D eigenvalue weighted by Gasteiger charge is -2.37. The molecule has 264 valence electrons. The Kier molecular flexibility index (Phi) is 12.1. The maximum Gasteiger partial charge on any atom is 0.407 e. The molecule has 2 fully saturated rings. The van der Waals surface area contributed by atoms with Gasteiger partial charge in [-0.25, -0.2) is 13.6 Å². The lowest BCUT2D eigenvalue weighted by Crippen LogP contribution is -2.47. The van der Waals surface area contributed by atoms with Crippen molar-refractivity contribution in [3.63, 3.8) is 0 Å². The number of carbonyl (C=O) groups is 3. The summed E-state index contributed by atoms with van der Waals surface area (Å²) in [5.41, 5.74) is -0.573. The lowest BCUT2D eigenvalue weighted by molar-refractivity contribution is -0.138. The van der Waals surface area contributed by atoms with E-state index in [0.29, 0.717) is 56.4 Å². The zero-order chi connectivity index (χ0) is 35.2. The van der Waals surface area contributed by atoms with Gasteiger partial charge in [0.2, 0.25) is 5.91 Å². The molecule has 2 heterocycles. The minimum absolute atomic E-state index is 0.0108. The Bertz CT molecular complexity index is 1480. The van der Waals surface area contributed by atoms with Crippen LogP contribution >= 0.6 is 11.6 Å². The fraction of sp³-hybridized carbons (Fsp3) is 0.531. The van der Waals surface area contributed by atoms with E-state index in [1.165, 1.54) is 18.2 Å². The number of amides is 3. The Morgan fingerprint density at radius 3 is 2.33 bits per heavy atom. The zero-order valence-electron chi connectivity index (χ0n) is 27.0. The second-order valence-electron chi connectivity index (χ2n) is 12.9. The van der Waals surface area contributed by atoms with Crippen LogP contribution in [0.15, 0.2) is 30.3 Å². The van der Waals surface area contributed by atoms with Crippen LogP contribution in [0.4, 0.5) is 38.1 Å². The molecule has 2 aromatic rings. The number of piperazine rings is 1. The second kappa shape index (κ2) is 15.7. The van der Waals surface area contributed by atoms with E-state index in [1.54, 1.807) is 31.7 Å². The number of ether oxygens (including phenoxy) is 1. The van der Waals surface area contributed by atoms with E-state index < -0.39 is 53.3 Å². The minimum Gasteiger partial charge on any atom is -0.444 e. The predicted molar refractivity (Wildman–Crippen MR) is 171 cm³/mol. The first-order valence-corrected chi connectivity index (χ1v) is 16.0. The Labute approximate surface area is 280 Å². The van der Waals surface area contributed by atoms with Gasteiger partial charge in [-0.3, -0.25) is 19.4 Å². The van der Waals surface area contributed by atoms with Crippen LogP contribution < -0.4 is 20.9 Å². The third-order valence-electron chi connectivity index (χ3n) is 7.88. The first-order valence-electron chi connectivity index (χ1n) is 15.6. The number of nitrogens with zero attached hydrogens (tertiary/aromatic N) is 3. The molecule has 0 spiro atoms. The third kappa shape index (κ3) is 10.9. The average Bonchev–Trinajstić information content (AvgIpc) is 3.42. The van der Waals surface area contributed by atoms with Gasteiger partial charge in [0.1, 0.15) is 5.60 Å². The van der Waals surface area contributed by atoms with Crippen molar-refractivity contribution < 1.29 is 41.1 Å². The third-order valence-corrected chi connectivity index (χ3v) is 8.11. The molecule has 0 unspecified atom stereocenters. The summed E-state index contributed by atoms with van der Waals surface area (Å²) in [4.78, 5) is 43.0. The molecule has 0 bridgehead atoms. The Morgan fingerprint density at radius 1 is 0.958 bits per heavy atom. The molecule has 0 radical (unpaired) electrons. The lowest BCUT2D eigenvalue weighted by atomic mass is 10.1. The summed E-state index contributed by atoms with van der Waals surface area (Å²) in [5, 5.41) is 8.28. The van der Waals surface area contributed by atoms with Gasteiger partial charge in [-0.2, -0.15) is 13.2 Å². The SMILES string of the molecule is CC(C)(C)OC(=O)N[C@@H]1CCN(CC(=O)NCc2ccc(C(=O)Nc3ccc(Cl)cc3N3CCN(CCC(F)(F)F)CC3)c(F)c2F)C1. The molecule has 1 atom stereocenters. The molecule has 0 saturated carbocycles. The smallest absolute Gasteiger partial charge is 0.407 e. The fourth-order valence-corrected chi connectivity index (χ4v) is 5.65. The van der Waals surface area contributed by atoms with Gasteiger partial charge < -0.3 is 25.6 Å². The van der Waals surface area contributed by atoms with Gasteiger partial charge in [-0.1, -0.05) is 17.7 Å². The summed E-state index contributed by atoms with van der Waals surface area (Å²) in [6.07, 6.45) is -5.07. The topological polar surface area (TPSA) is 106 Å². The van der Waals surface area contributed by atoms with Crippen molar-refractivity contribution in [2.45, 2.75) is 58.0 Å². The number of hydrogen-bond donors (Lipinski definition) is 3. The van der Waals surface area contributed by atoms with Crippen LogP contribution in [-0.2, 0) is 16.1 Å². The van der Waals surface area contributed by atoms with Gasteiger partial charge in [0.25, 0.3) is 5.91 Å². The van der Waals surface area contributed by atoms with Gasteiger partial charge in [0.05, 0.1) is 29.9 Å². The monoisotopic (exact) mass is 702 g/mol. The maximum atomic E-state index is 15.1. The number of likely N-dealkylation sites (tertiary alicyclic amines) is 1. The average molecular weight is 703 g/mol. The molecule has 3 N–H and O–H groups in total. The second-order valence-corrected chi connectivity index (χ2v) is 13.3. The molecule has 2 aliphatic heterocycles. The van der Waals surface area contributed by atoms with Gasteiger partial charge in [0.15, 0.2) is 11.6 Å². The maximum absolute atomic E-state index is 15.1. The molecule has 2 aliphatic rings. The van der Waals surface area contributed by atoms with Gasteiger partial charge in [-0.05, 0) is 51.5 Å². The number of halogens is 6. The van der Waals surface area contributed by atoms with E-state index >= 15 is 8.78 Å². The summed E-state index contributed by atoms with van der Waals surface area (Å²) in [5.74, 6) is -4.01. The number of hydrogen-bond acceptors (Lipinski definition) is 7. The molecule has 2 saturated heterocycles. The normalized spacial score (nSPS) is 17.7. The first kappa shape index (κ1) is 37.1. The van der Waals surface area contributed by atoms with Crippen molar-refractivity contribution in [1.82, 2.24) is 20.4 Å². The molecule has 2 aromatic carbocycles. The molecule has 10 nitrogen and oxygen atoms in total. The number of anilines is 2. The first-order chi connectivity index (χ1) is 22.5. The molecule has 0 aliphatic carbocycles. The number of carbonyl (C=O) groups excluding carboxylic acids is 3. The number of rotatable bonds is 10. The van der Waals surface area contributed by atoms with E-state index in [0.717, 1.165) is 6.07 Å². The summed E-state index contributed by atoms with van der Waals surface area (Å²) in [6.45, 7) is 7.26. The van der Waals surface area contributed by atoms with Crippen LogP contribution in [0, 0.1) is 11.6 Å². The number of alkyl carbamates (subject to hydrolysis) is 1. The summed E-state index contributed by atoms with van der Waals surface area (Å²) in [7, 11) is 0. The summed E-state index contributed by atoms with van der Waals surface area (Å²) >= 11 is 6.19. The zero-order valence-corrected chi connectivity index (χ0v) is 27.7. The van der Waals surface area contributed by atoms with Crippen molar-refractivity contribution in [3.05, 3.63) is 58.1 Å². The fourth-order valence-electron chi connectivity index (χ4n) is 5.48. The van der Waals surface area contributed by atoms with Crippen LogP contribution in [-0.4, -0.2) is 97.9 Å². The highest BCUT2D eigenvalue weighted by Crippen LogP contribution is 2.31. The van der Waals surface area contributed by atoms with Crippen LogP contribution in [0.5, 0.6) is 0 Å². The van der Waals surface area contributed by atoms with Gasteiger partial charge in [0, 0.05) is 69.0 Å². The molecular weight excluding hydrogens is 663 g/mol. The van der Waals surface area contributed by atoms with E-state index in [9.17, 15) is 27.6 Å². The molecular formula is C32H40ClF5N6O4. The highest BCUT2D eigenvalue weighted by atomic mass is 35.5. The minimum atomic E-state index is -4.25. The number of nitrogens with one attached hydrogen (secondary N) is 3. The van der Waals surface area contributed by atoms with Crippen LogP contribution in [0.25, 0.3) is 0 Å². The number of benzene rings is 2. The van der Waals surface area contributed by atoms with Crippen LogP contribution in [0.2, 0.25) is 5.02 Å². The molecule has 0 aromatic heterocycles. The van der Waals surface area contributed by atoms with Gasteiger partial charge >= 0.3 is 12.3 Å². The quantitative estimate of drug-likeness (QED) is 0.294. The van der Waals surface area contributed by atoms with Crippen molar-refractivity contribution in [3.8, 4) is 0 Å². The Hall–Kier alpha value is -3.69. The predicted octanol–water partition coefficient (Wildman–Crippen LogP) is 5.16. The van der Waals surface area contributed by atoms with Crippen molar-refractivity contribution in [1.29, 1.82) is 0 Å². The molecule has 4 rings (SSSR count). The van der Waals surface area contributed by atoms with E-state index in [1.807, 2.05) is 9.80 Å². The standard InChI is InChI=1S/C32H40ClF5N6O4/c1-31(2,3)48-30(47)40-22-8-10-43(18-22)19-26(45)39-17-20-4-6-23(28(35)27(20)34)29(46)41-24-7-5-21(33)16-25(24)44-14-12-42(13-15-44)11-9-32(36,37)38/h4-7,16,22H,8-15,17-19H2,1-3H3,(H,39,45)(H,40,47)(H,41,46)/t22-/m1/s1. The van der Waals surface area contributed by atoms with Gasteiger partial charge in [-0.15, -0.1) is 0 Å². The van der Waals surface area contributed by atoms with Crippen LogP contribution in [0.1, 0.15) is 49.5 Å². The van der Waals surface area contributed by atoms with Crippen LogP contribution in [0.3, 0.4) is 0 Å². The number of alkyl halides is 3. The van der Waals surface area contributed by atoms with E-state index in [4.69, 9.17) is 16.3 Å². The van der Waals surface area contributed by atoms with Crippen molar-refractivity contribution >= 4 is 40.9 Å². The highest BCUT2D eigenvalue weighted by Gasteiger charge is 2.30. The Morgan fingerprint density at radius 2 is 1.67 bits per heavy atom. The summed E-state index contributed by atoms with van der Waals surface area (Å²) < 4.78 is 73.3. The Balaban J connectivity index is 1.30. The largest absolute Gasteiger partial charge is 0.444 e. The van der Waals surface area contributed by atoms with Crippen molar-refractivity contribution in [2.24, 2.45) is 0 Å². The summed E-state index contributed by atoms with van der Waals surface area (Å²) in [6, 6.07) is 6.77. The van der Waals surface area contributed by atoms with Crippen molar-refractivity contribution in [2.75, 3.05) is 62.6 Å².